The highest BCUT2D eigenvalue weighted by Crippen LogP contribution is 2.33. The average molecular weight is 345 g/mol. The van der Waals surface area contributed by atoms with Gasteiger partial charge < -0.3 is 14.6 Å². The van der Waals surface area contributed by atoms with E-state index in [9.17, 15) is 9.18 Å². The van der Waals surface area contributed by atoms with Gasteiger partial charge in [0.05, 0.1) is 17.8 Å². The van der Waals surface area contributed by atoms with Crippen molar-refractivity contribution in [1.29, 1.82) is 0 Å². The summed E-state index contributed by atoms with van der Waals surface area (Å²) < 4.78 is 18.5. The van der Waals surface area contributed by atoms with Crippen molar-refractivity contribution in [3.8, 4) is 0 Å². The number of nitrogens with one attached hydrogen (secondary N) is 1. The number of rotatable bonds is 5. The van der Waals surface area contributed by atoms with Gasteiger partial charge in [-0.2, -0.15) is 0 Å². The van der Waals surface area contributed by atoms with Gasteiger partial charge in [0, 0.05) is 32.2 Å². The fourth-order valence-electron chi connectivity index (χ4n) is 3.28. The van der Waals surface area contributed by atoms with Gasteiger partial charge in [-0.05, 0) is 38.0 Å². The molecule has 1 saturated heterocycles. The van der Waals surface area contributed by atoms with Gasteiger partial charge in [-0.3, -0.25) is 4.79 Å². The highest BCUT2D eigenvalue weighted by atomic mass is 19.1. The first-order chi connectivity index (χ1) is 12.0. The number of hydrogen-bond donors (Lipinski definition) is 1. The summed E-state index contributed by atoms with van der Waals surface area (Å²) in [6.07, 6.45) is 1.74. The van der Waals surface area contributed by atoms with E-state index in [1.807, 2.05) is 18.7 Å². The first kappa shape index (κ1) is 17.6. The molecule has 1 aliphatic heterocycles. The average Bonchev–Trinajstić information content (AvgIpc) is 3.18. The third-order valence-electron chi connectivity index (χ3n) is 4.92. The van der Waals surface area contributed by atoms with Crippen LogP contribution in [0.5, 0.6) is 0 Å². The van der Waals surface area contributed by atoms with Crippen molar-refractivity contribution in [2.75, 3.05) is 13.7 Å². The van der Waals surface area contributed by atoms with Crippen LogP contribution < -0.4 is 0 Å². The fourth-order valence-corrected chi connectivity index (χ4v) is 3.28. The molecule has 0 radical (unpaired) electrons. The molecule has 0 bridgehead atoms. The normalized spacial score (nSPS) is 20.2. The second-order valence-electron chi connectivity index (χ2n) is 6.61. The zero-order valence-electron chi connectivity index (χ0n) is 14.9. The highest BCUT2D eigenvalue weighted by Gasteiger charge is 2.37. The van der Waals surface area contributed by atoms with Gasteiger partial charge in [-0.25, -0.2) is 9.37 Å². The summed E-state index contributed by atoms with van der Waals surface area (Å²) in [6, 6.07) is 6.21. The lowest BCUT2D eigenvalue weighted by Crippen LogP contribution is -2.32. The molecule has 2 heterocycles. The quantitative estimate of drug-likeness (QED) is 0.906. The first-order valence-electron chi connectivity index (χ1n) is 8.57. The molecule has 1 aliphatic rings. The van der Waals surface area contributed by atoms with Gasteiger partial charge in [0.1, 0.15) is 11.6 Å². The summed E-state index contributed by atoms with van der Waals surface area (Å²) in [6.45, 7) is 4.51. The van der Waals surface area contributed by atoms with Gasteiger partial charge in [0.2, 0.25) is 5.91 Å². The maximum Gasteiger partial charge on any atom is 0.223 e. The maximum absolute atomic E-state index is 13.0. The molecule has 1 N–H and O–H groups in total. The van der Waals surface area contributed by atoms with Crippen LogP contribution in [0, 0.1) is 19.7 Å². The third kappa shape index (κ3) is 3.90. The molecule has 0 unspecified atom stereocenters. The number of nitrogens with zero attached hydrogens (tertiary/aromatic N) is 2. The highest BCUT2D eigenvalue weighted by molar-refractivity contribution is 5.77. The van der Waals surface area contributed by atoms with E-state index in [0.29, 0.717) is 19.4 Å². The molecule has 3 rings (SSSR count). The van der Waals surface area contributed by atoms with Crippen LogP contribution in [0.2, 0.25) is 0 Å². The van der Waals surface area contributed by atoms with Crippen LogP contribution >= 0.6 is 0 Å². The molecular formula is C19H24FN3O2. The van der Waals surface area contributed by atoms with E-state index in [2.05, 4.69) is 9.97 Å². The first-order valence-corrected chi connectivity index (χ1v) is 8.57. The zero-order chi connectivity index (χ0) is 18.0. The lowest BCUT2D eigenvalue weighted by atomic mass is 10.1. The summed E-state index contributed by atoms with van der Waals surface area (Å²) >= 11 is 0. The number of carbonyl (C=O) groups is 1. The summed E-state index contributed by atoms with van der Waals surface area (Å²) in [5, 5.41) is 0. The maximum atomic E-state index is 13.0. The largest absolute Gasteiger partial charge is 0.380 e. The fraction of sp³-hybridized carbons (Fsp3) is 0.474. The van der Waals surface area contributed by atoms with Crippen LogP contribution in [0.4, 0.5) is 4.39 Å². The molecule has 0 aliphatic carbocycles. The van der Waals surface area contributed by atoms with Crippen LogP contribution in [-0.2, 0) is 16.0 Å². The van der Waals surface area contributed by atoms with Crippen LogP contribution in [-0.4, -0.2) is 40.5 Å². The standard InChI is InChI=1S/C19H24FN3O2/c1-12-13(2)22-19(21-12)17-10-16(25-3)11-23(17)18(24)9-6-14-4-7-15(20)8-5-14/h4-5,7-8,16-17H,6,9-11H2,1-3H3,(H,21,22)/t16-,17+/m1/s1. The number of amides is 1. The van der Waals surface area contributed by atoms with Gasteiger partial charge >= 0.3 is 0 Å². The number of carbonyl (C=O) groups excluding carboxylic acids is 1. The number of hydrogen-bond acceptors (Lipinski definition) is 3. The Morgan fingerprint density at radius 3 is 2.68 bits per heavy atom. The Labute approximate surface area is 147 Å². The SMILES string of the molecule is CO[C@@H]1C[C@@H](c2nc(C)c(C)[nH]2)N(C(=O)CCc2ccc(F)cc2)C1. The van der Waals surface area contributed by atoms with E-state index in [-0.39, 0.29) is 23.9 Å². The lowest BCUT2D eigenvalue weighted by molar-refractivity contribution is -0.132. The van der Waals surface area contributed by atoms with Gasteiger partial charge in [0.15, 0.2) is 0 Å². The van der Waals surface area contributed by atoms with E-state index in [4.69, 9.17) is 4.74 Å². The van der Waals surface area contributed by atoms with Crippen molar-refractivity contribution in [2.45, 2.75) is 45.3 Å². The number of imidazole rings is 1. The Hall–Kier alpha value is -2.21. The predicted octanol–water partition coefficient (Wildman–Crippen LogP) is 3.09. The van der Waals surface area contributed by atoms with Crippen molar-refractivity contribution < 1.29 is 13.9 Å². The number of aryl methyl sites for hydroxylation is 3. The Bertz CT molecular complexity index is 722. The zero-order valence-corrected chi connectivity index (χ0v) is 14.9. The number of aromatic amines is 1. The number of ether oxygens (including phenoxy) is 1. The number of H-pyrrole nitrogens is 1. The van der Waals surface area contributed by atoms with E-state index in [1.165, 1.54) is 12.1 Å². The van der Waals surface area contributed by atoms with E-state index in [1.54, 1.807) is 19.2 Å². The predicted molar refractivity (Wildman–Crippen MR) is 92.7 cm³/mol. The van der Waals surface area contributed by atoms with Gasteiger partial charge in [0.25, 0.3) is 0 Å². The molecular weight excluding hydrogens is 321 g/mol. The second kappa shape index (κ2) is 7.35. The van der Waals surface area contributed by atoms with E-state index >= 15 is 0 Å². The number of benzene rings is 1. The molecule has 0 saturated carbocycles. The van der Waals surface area contributed by atoms with Crippen LogP contribution in [0.25, 0.3) is 0 Å². The monoisotopic (exact) mass is 345 g/mol. The molecule has 1 aromatic heterocycles. The summed E-state index contributed by atoms with van der Waals surface area (Å²) in [4.78, 5) is 22.5. The summed E-state index contributed by atoms with van der Waals surface area (Å²) in [7, 11) is 1.67. The molecule has 6 heteroatoms. The number of halogens is 1. The second-order valence-corrected chi connectivity index (χ2v) is 6.61. The van der Waals surface area contributed by atoms with Crippen molar-refractivity contribution in [3.05, 3.63) is 52.9 Å². The molecule has 1 amide bonds. The molecule has 0 spiro atoms. The van der Waals surface area contributed by atoms with Crippen molar-refractivity contribution in [2.24, 2.45) is 0 Å². The molecule has 134 valence electrons. The van der Waals surface area contributed by atoms with Crippen molar-refractivity contribution >= 4 is 5.91 Å². The van der Waals surface area contributed by atoms with Crippen LogP contribution in [0.3, 0.4) is 0 Å². The van der Waals surface area contributed by atoms with Crippen molar-refractivity contribution in [1.82, 2.24) is 14.9 Å². The van der Waals surface area contributed by atoms with Crippen LogP contribution in [0.15, 0.2) is 24.3 Å². The number of methoxy groups -OCH3 is 1. The Balaban J connectivity index is 1.70. The summed E-state index contributed by atoms with van der Waals surface area (Å²) in [5.41, 5.74) is 2.93. The van der Waals surface area contributed by atoms with E-state index < -0.39 is 0 Å². The smallest absolute Gasteiger partial charge is 0.223 e. The van der Waals surface area contributed by atoms with Crippen molar-refractivity contribution in [3.63, 3.8) is 0 Å². The Morgan fingerprint density at radius 2 is 2.08 bits per heavy atom. The Morgan fingerprint density at radius 1 is 1.36 bits per heavy atom. The molecule has 25 heavy (non-hydrogen) atoms. The molecule has 2 atom stereocenters. The Kier molecular flexibility index (Phi) is 5.18. The molecule has 1 aromatic carbocycles. The van der Waals surface area contributed by atoms with Gasteiger partial charge in [-0.15, -0.1) is 0 Å². The number of aromatic nitrogens is 2. The minimum absolute atomic E-state index is 0.0190. The molecule has 5 nitrogen and oxygen atoms in total. The third-order valence-corrected chi connectivity index (χ3v) is 4.92. The van der Waals surface area contributed by atoms with Gasteiger partial charge in [-0.1, -0.05) is 12.1 Å². The molecule has 2 aromatic rings. The topological polar surface area (TPSA) is 58.2 Å². The van der Waals surface area contributed by atoms with Crippen LogP contribution in [0.1, 0.15) is 41.7 Å². The minimum atomic E-state index is -0.263. The summed E-state index contributed by atoms with van der Waals surface area (Å²) in [5.74, 6) is 0.631. The lowest BCUT2D eigenvalue weighted by Gasteiger charge is -2.23. The van der Waals surface area contributed by atoms with E-state index in [0.717, 1.165) is 29.2 Å². The molecule has 1 fully saturated rings. The minimum Gasteiger partial charge on any atom is -0.380 e. The number of likely N-dealkylation sites (tertiary alicyclic amines) is 1.